The van der Waals surface area contributed by atoms with Crippen molar-refractivity contribution in [3.63, 3.8) is 0 Å². The van der Waals surface area contributed by atoms with Crippen LogP contribution in [0, 0.1) is 6.92 Å². The van der Waals surface area contributed by atoms with Crippen molar-refractivity contribution in [1.29, 1.82) is 0 Å². The van der Waals surface area contributed by atoms with Crippen molar-refractivity contribution < 1.29 is 5.11 Å². The Hall–Kier alpha value is -1.32. The zero-order valence-corrected chi connectivity index (χ0v) is 9.78. The largest absolute Gasteiger partial charge is 0.396 e. The second-order valence-corrected chi connectivity index (χ2v) is 4.09. The van der Waals surface area contributed by atoms with E-state index in [-0.39, 0.29) is 6.61 Å². The van der Waals surface area contributed by atoms with E-state index in [4.69, 9.17) is 16.7 Å². The normalized spacial score (nSPS) is 10.7. The van der Waals surface area contributed by atoms with Gasteiger partial charge in [-0.1, -0.05) is 11.6 Å². The van der Waals surface area contributed by atoms with Crippen molar-refractivity contribution >= 4 is 11.6 Å². The quantitative estimate of drug-likeness (QED) is 0.889. The summed E-state index contributed by atoms with van der Waals surface area (Å²) < 4.78 is 1.80. The second-order valence-electron chi connectivity index (χ2n) is 3.66. The van der Waals surface area contributed by atoms with Gasteiger partial charge in [-0.05, 0) is 36.8 Å². The predicted octanol–water partition coefficient (Wildman–Crippen LogP) is 2.37. The fraction of sp³-hybridized carbons (Fsp3) is 0.250. The number of benzene rings is 1. The maximum absolute atomic E-state index is 8.82. The molecule has 1 aromatic carbocycles. The highest BCUT2D eigenvalue weighted by atomic mass is 35.5. The molecule has 0 radical (unpaired) electrons. The van der Waals surface area contributed by atoms with Crippen molar-refractivity contribution in [3.05, 3.63) is 46.7 Å². The van der Waals surface area contributed by atoms with Crippen LogP contribution in [0.5, 0.6) is 0 Å². The van der Waals surface area contributed by atoms with E-state index in [1.165, 1.54) is 0 Å². The zero-order chi connectivity index (χ0) is 11.5. The third kappa shape index (κ3) is 2.26. The highest BCUT2D eigenvalue weighted by Gasteiger charge is 2.04. The van der Waals surface area contributed by atoms with Gasteiger partial charge in [0.25, 0.3) is 0 Å². The monoisotopic (exact) mass is 236 g/mol. The smallest absolute Gasteiger partial charge is 0.0675 e. The van der Waals surface area contributed by atoms with Crippen LogP contribution in [0.2, 0.25) is 5.02 Å². The Labute approximate surface area is 99.3 Å². The Morgan fingerprint density at radius 3 is 2.88 bits per heavy atom. The lowest BCUT2D eigenvalue weighted by molar-refractivity contribution is 0.298. The maximum atomic E-state index is 8.82. The Balaban J connectivity index is 2.35. The first-order chi connectivity index (χ1) is 7.70. The van der Waals surface area contributed by atoms with E-state index >= 15 is 0 Å². The molecule has 3 nitrogen and oxygen atoms in total. The number of hydrogen-bond acceptors (Lipinski definition) is 2. The van der Waals surface area contributed by atoms with E-state index in [0.29, 0.717) is 6.42 Å². The SMILES string of the molecule is Cc1cc(Cl)ccc1-n1ccc(CCO)n1. The first kappa shape index (κ1) is 11.2. The van der Waals surface area contributed by atoms with E-state index in [9.17, 15) is 0 Å². The van der Waals surface area contributed by atoms with Crippen molar-refractivity contribution in [2.75, 3.05) is 6.61 Å². The molecule has 0 aliphatic carbocycles. The van der Waals surface area contributed by atoms with Crippen LogP contribution in [0.4, 0.5) is 0 Å². The van der Waals surface area contributed by atoms with Crippen LogP contribution in [-0.4, -0.2) is 21.5 Å². The number of aryl methyl sites for hydroxylation is 1. The lowest BCUT2D eigenvalue weighted by Gasteiger charge is -2.05. The van der Waals surface area contributed by atoms with E-state index in [1.807, 2.05) is 37.4 Å². The molecule has 1 heterocycles. The van der Waals surface area contributed by atoms with Crippen LogP contribution >= 0.6 is 11.6 Å². The number of aliphatic hydroxyl groups excluding tert-OH is 1. The molecule has 1 aromatic heterocycles. The van der Waals surface area contributed by atoms with Crippen LogP contribution in [-0.2, 0) is 6.42 Å². The molecule has 0 bridgehead atoms. The summed E-state index contributed by atoms with van der Waals surface area (Å²) in [6.45, 7) is 2.12. The fourth-order valence-corrected chi connectivity index (χ4v) is 1.85. The minimum Gasteiger partial charge on any atom is -0.396 e. The number of aliphatic hydroxyl groups is 1. The van der Waals surface area contributed by atoms with Gasteiger partial charge in [0.2, 0.25) is 0 Å². The lowest BCUT2D eigenvalue weighted by Crippen LogP contribution is -1.99. The predicted molar refractivity (Wildman–Crippen MR) is 64.1 cm³/mol. The fourth-order valence-electron chi connectivity index (χ4n) is 1.62. The molecule has 4 heteroatoms. The first-order valence-corrected chi connectivity index (χ1v) is 5.50. The molecule has 0 atom stereocenters. The zero-order valence-electron chi connectivity index (χ0n) is 9.02. The standard InChI is InChI=1S/C12H13ClN2O/c1-9-8-10(13)2-3-12(9)15-6-4-11(14-15)5-7-16/h2-4,6,8,16H,5,7H2,1H3. The summed E-state index contributed by atoms with van der Waals surface area (Å²) in [5, 5.41) is 13.9. The lowest BCUT2D eigenvalue weighted by atomic mass is 10.2. The molecule has 0 saturated carbocycles. The van der Waals surface area contributed by atoms with Gasteiger partial charge >= 0.3 is 0 Å². The summed E-state index contributed by atoms with van der Waals surface area (Å²) in [5.41, 5.74) is 2.97. The van der Waals surface area contributed by atoms with Crippen LogP contribution in [0.1, 0.15) is 11.3 Å². The van der Waals surface area contributed by atoms with Gasteiger partial charge < -0.3 is 5.11 Å². The van der Waals surface area contributed by atoms with Crippen molar-refractivity contribution in [3.8, 4) is 5.69 Å². The summed E-state index contributed by atoms with van der Waals surface area (Å²) in [7, 11) is 0. The van der Waals surface area contributed by atoms with Crippen LogP contribution in [0.3, 0.4) is 0 Å². The van der Waals surface area contributed by atoms with Crippen LogP contribution in [0.15, 0.2) is 30.5 Å². The molecule has 16 heavy (non-hydrogen) atoms. The molecular formula is C12H13ClN2O. The number of aromatic nitrogens is 2. The molecular weight excluding hydrogens is 224 g/mol. The minimum atomic E-state index is 0.122. The van der Waals surface area contributed by atoms with Gasteiger partial charge in [0.05, 0.1) is 11.4 Å². The summed E-state index contributed by atoms with van der Waals surface area (Å²) in [6.07, 6.45) is 2.47. The highest BCUT2D eigenvalue weighted by molar-refractivity contribution is 6.30. The van der Waals surface area contributed by atoms with E-state index < -0.39 is 0 Å². The first-order valence-electron chi connectivity index (χ1n) is 5.12. The van der Waals surface area contributed by atoms with Crippen molar-refractivity contribution in [2.24, 2.45) is 0 Å². The Kier molecular flexibility index (Phi) is 3.27. The van der Waals surface area contributed by atoms with Crippen molar-refractivity contribution in [1.82, 2.24) is 9.78 Å². The molecule has 0 aliphatic heterocycles. The summed E-state index contributed by atoms with van der Waals surface area (Å²) in [6, 6.07) is 7.60. The topological polar surface area (TPSA) is 38.0 Å². The summed E-state index contributed by atoms with van der Waals surface area (Å²) >= 11 is 5.90. The van der Waals surface area contributed by atoms with Gasteiger partial charge in [0.15, 0.2) is 0 Å². The molecule has 0 amide bonds. The summed E-state index contributed by atoms with van der Waals surface area (Å²) in [5.74, 6) is 0. The van der Waals surface area contributed by atoms with E-state index in [0.717, 1.165) is 22.0 Å². The third-order valence-electron chi connectivity index (χ3n) is 2.42. The molecule has 2 rings (SSSR count). The van der Waals surface area contributed by atoms with E-state index in [2.05, 4.69) is 5.10 Å². The average molecular weight is 237 g/mol. The summed E-state index contributed by atoms with van der Waals surface area (Å²) in [4.78, 5) is 0. The molecule has 0 spiro atoms. The Morgan fingerprint density at radius 1 is 1.38 bits per heavy atom. The molecule has 0 saturated heterocycles. The van der Waals surface area contributed by atoms with E-state index in [1.54, 1.807) is 4.68 Å². The van der Waals surface area contributed by atoms with Crippen LogP contribution in [0.25, 0.3) is 5.69 Å². The van der Waals surface area contributed by atoms with Gasteiger partial charge in [-0.15, -0.1) is 0 Å². The number of halogens is 1. The molecule has 0 unspecified atom stereocenters. The van der Waals surface area contributed by atoms with Gasteiger partial charge in [0, 0.05) is 24.2 Å². The number of rotatable bonds is 3. The molecule has 1 N–H and O–H groups in total. The van der Waals surface area contributed by atoms with Crippen LogP contribution < -0.4 is 0 Å². The van der Waals surface area contributed by atoms with Gasteiger partial charge in [-0.3, -0.25) is 0 Å². The molecule has 2 aromatic rings. The van der Waals surface area contributed by atoms with Gasteiger partial charge in [0.1, 0.15) is 0 Å². The van der Waals surface area contributed by atoms with Gasteiger partial charge in [-0.2, -0.15) is 5.10 Å². The third-order valence-corrected chi connectivity index (χ3v) is 2.65. The molecule has 0 aliphatic rings. The highest BCUT2D eigenvalue weighted by Crippen LogP contribution is 2.18. The second kappa shape index (κ2) is 4.68. The molecule has 84 valence electrons. The maximum Gasteiger partial charge on any atom is 0.0675 e. The average Bonchev–Trinajstić information content (AvgIpc) is 2.67. The molecule has 0 fully saturated rings. The minimum absolute atomic E-state index is 0.122. The number of hydrogen-bond donors (Lipinski definition) is 1. The number of nitrogens with zero attached hydrogens (tertiary/aromatic N) is 2. The Morgan fingerprint density at radius 2 is 2.19 bits per heavy atom. The Bertz CT molecular complexity index is 494. The van der Waals surface area contributed by atoms with Gasteiger partial charge in [-0.25, -0.2) is 4.68 Å². The van der Waals surface area contributed by atoms with Crippen molar-refractivity contribution in [2.45, 2.75) is 13.3 Å².